The molecule has 6 nitrogen and oxygen atoms in total. The predicted octanol–water partition coefficient (Wildman–Crippen LogP) is 5.09. The number of benzene rings is 4. The van der Waals surface area contributed by atoms with E-state index < -0.39 is 0 Å². The quantitative estimate of drug-likeness (QED) is 0.152. The van der Waals surface area contributed by atoms with Gasteiger partial charge >= 0.3 is 0 Å². The minimum absolute atomic E-state index is 0. The summed E-state index contributed by atoms with van der Waals surface area (Å²) in [6.07, 6.45) is 6.73. The molecule has 0 saturated heterocycles. The van der Waals surface area contributed by atoms with Crippen molar-refractivity contribution < 1.29 is 31.7 Å². The second-order valence-corrected chi connectivity index (χ2v) is 8.28. The van der Waals surface area contributed by atoms with E-state index in [4.69, 9.17) is 4.74 Å². The number of aromatic nitrogens is 5. The summed E-state index contributed by atoms with van der Waals surface area (Å²) in [7, 11) is 1.99. The third-order valence-corrected chi connectivity index (χ3v) is 6.15. The van der Waals surface area contributed by atoms with Gasteiger partial charge < -0.3 is 28.4 Å². The van der Waals surface area contributed by atoms with E-state index in [1.165, 1.54) is 0 Å². The Bertz CT molecular complexity index is 1850. The van der Waals surface area contributed by atoms with Crippen LogP contribution >= 0.6 is 0 Å². The Morgan fingerprint density at radius 1 is 0.833 bits per heavy atom. The van der Waals surface area contributed by atoms with Crippen molar-refractivity contribution in [2.45, 2.75) is 0 Å². The van der Waals surface area contributed by atoms with Crippen molar-refractivity contribution >= 4 is 32.8 Å². The summed E-state index contributed by atoms with van der Waals surface area (Å²) in [6, 6.07) is 33.0. The van der Waals surface area contributed by atoms with Gasteiger partial charge in [0.15, 0.2) is 0 Å². The second kappa shape index (κ2) is 8.84. The molecular weight excluding hydrogens is 631 g/mol. The van der Waals surface area contributed by atoms with Crippen LogP contribution in [-0.4, -0.2) is 14.1 Å². The Morgan fingerprint density at radius 2 is 1.64 bits per heavy atom. The van der Waals surface area contributed by atoms with Crippen LogP contribution < -0.4 is 14.3 Å². The van der Waals surface area contributed by atoms with Crippen LogP contribution in [-0.2, 0) is 29.4 Å². The number of fused-ring (bicyclic) bond motifs is 4. The Kier molecular flexibility index (Phi) is 5.49. The summed E-state index contributed by atoms with van der Waals surface area (Å²) in [4.78, 5) is 8.84. The fourth-order valence-corrected chi connectivity index (χ4v) is 4.61. The first-order chi connectivity index (χ1) is 17.3. The van der Waals surface area contributed by atoms with Gasteiger partial charge in [-0.15, -0.1) is 35.2 Å². The molecule has 0 fully saturated rings. The average Bonchev–Trinajstić information content (AvgIpc) is 3.61. The largest absolute Gasteiger partial charge is 0.510 e. The zero-order chi connectivity index (χ0) is 23.4. The Balaban J connectivity index is 0.00000240. The summed E-state index contributed by atoms with van der Waals surface area (Å²) in [5.74, 6) is 1.80. The molecule has 1 radical (unpaired) electrons. The molecule has 7 heteroatoms. The van der Waals surface area contributed by atoms with Gasteiger partial charge in [0.25, 0.3) is 0 Å². The van der Waals surface area contributed by atoms with E-state index >= 15 is 0 Å². The molecule has 0 aliphatic rings. The number of ether oxygens (including phenoxy) is 1. The van der Waals surface area contributed by atoms with Gasteiger partial charge in [-0.05, 0) is 17.9 Å². The molecule has 0 N–H and O–H groups in total. The molecule has 0 unspecified atom stereocenters. The minimum atomic E-state index is 0. The number of nitrogens with zero attached hydrogens (tertiary/aromatic N) is 5. The third kappa shape index (κ3) is 3.55. The predicted molar refractivity (Wildman–Crippen MR) is 133 cm³/mol. The SMILES string of the molecule is Cn1[c-][n+](-c2[c-]c(Oc3[c-]c4c(cc3)c3ccccc3n4-c3ncc[n-]3)ccc2)c2ccccc21.[Au]. The van der Waals surface area contributed by atoms with Crippen LogP contribution in [0.25, 0.3) is 44.5 Å². The molecule has 4 aromatic carbocycles. The number of imidazole rings is 2. The van der Waals surface area contributed by atoms with Crippen LogP contribution in [0.2, 0.25) is 0 Å². The molecule has 0 spiro atoms. The van der Waals surface area contributed by atoms with Crippen molar-refractivity contribution in [1.29, 1.82) is 0 Å². The molecule has 36 heavy (non-hydrogen) atoms. The van der Waals surface area contributed by atoms with Crippen molar-refractivity contribution in [3.05, 3.63) is 110 Å². The van der Waals surface area contributed by atoms with Gasteiger partial charge in [-0.1, -0.05) is 59.6 Å². The molecule has 3 heterocycles. The average molecular weight is 649 g/mol. The normalized spacial score (nSPS) is 11.2. The zero-order valence-electron chi connectivity index (χ0n) is 19.1. The molecule has 3 aromatic heterocycles. The second-order valence-electron chi connectivity index (χ2n) is 8.28. The fraction of sp³-hybridized carbons (Fsp3) is 0.0345. The molecule has 0 amide bonds. The number of aryl methyl sites for hydroxylation is 1. The van der Waals surface area contributed by atoms with Crippen LogP contribution in [0, 0.1) is 18.5 Å². The van der Waals surface area contributed by atoms with Gasteiger partial charge in [0, 0.05) is 39.8 Å². The molecule has 179 valence electrons. The van der Waals surface area contributed by atoms with Crippen LogP contribution in [0.5, 0.6) is 11.5 Å². The van der Waals surface area contributed by atoms with Gasteiger partial charge in [0.1, 0.15) is 0 Å². The summed E-state index contributed by atoms with van der Waals surface area (Å²) in [6.45, 7) is 0. The molecule has 0 bridgehead atoms. The van der Waals surface area contributed by atoms with Crippen molar-refractivity contribution in [3.8, 4) is 23.1 Å². The minimum Gasteiger partial charge on any atom is -0.510 e. The van der Waals surface area contributed by atoms with Crippen molar-refractivity contribution in [1.82, 2.24) is 19.1 Å². The smallest absolute Gasteiger partial charge is 0.242 e. The fourth-order valence-electron chi connectivity index (χ4n) is 4.61. The van der Waals surface area contributed by atoms with Crippen LogP contribution in [0.4, 0.5) is 0 Å². The van der Waals surface area contributed by atoms with E-state index in [0.717, 1.165) is 38.5 Å². The van der Waals surface area contributed by atoms with Crippen LogP contribution in [0.3, 0.4) is 0 Å². The first-order valence-corrected chi connectivity index (χ1v) is 11.3. The Labute approximate surface area is 222 Å². The number of hydrogen-bond acceptors (Lipinski definition) is 2. The summed E-state index contributed by atoms with van der Waals surface area (Å²) in [5, 5.41) is 2.18. The van der Waals surface area contributed by atoms with E-state index in [2.05, 4.69) is 58.8 Å². The third-order valence-electron chi connectivity index (χ3n) is 6.15. The molecule has 7 aromatic rings. The van der Waals surface area contributed by atoms with Gasteiger partial charge in [-0.25, -0.2) is 0 Å². The van der Waals surface area contributed by atoms with E-state index in [1.807, 2.05) is 69.3 Å². The van der Waals surface area contributed by atoms with E-state index in [-0.39, 0.29) is 22.4 Å². The van der Waals surface area contributed by atoms with Gasteiger partial charge in [0.2, 0.25) is 6.33 Å². The van der Waals surface area contributed by atoms with E-state index in [0.29, 0.717) is 17.4 Å². The monoisotopic (exact) mass is 649 g/mol. The standard InChI is InChI=1S/C29H18N5O.Au/c1-32-19-33(27-12-5-4-11-26(27)32)20-7-6-8-21(17-20)35-22-13-14-24-23-9-2-3-10-25(23)34(28(24)18-22)29-30-15-16-31-29;/h2-16H,1H3;/q-3;. The van der Waals surface area contributed by atoms with Gasteiger partial charge in [-0.2, -0.15) is 18.2 Å². The maximum Gasteiger partial charge on any atom is 0.242 e. The van der Waals surface area contributed by atoms with E-state index in [9.17, 15) is 0 Å². The summed E-state index contributed by atoms with van der Waals surface area (Å²) < 4.78 is 12.2. The van der Waals surface area contributed by atoms with E-state index in [1.54, 1.807) is 12.4 Å². The Morgan fingerprint density at radius 3 is 2.50 bits per heavy atom. The van der Waals surface area contributed by atoms with Crippen molar-refractivity contribution in [2.75, 3.05) is 0 Å². The summed E-state index contributed by atoms with van der Waals surface area (Å²) in [5.41, 5.74) is 4.88. The first-order valence-electron chi connectivity index (χ1n) is 11.3. The number of para-hydroxylation sites is 3. The zero-order valence-corrected chi connectivity index (χ0v) is 21.3. The Hall–Kier alpha value is -4.10. The first kappa shape index (κ1) is 22.4. The maximum absolute atomic E-state index is 6.24. The van der Waals surface area contributed by atoms with Crippen molar-refractivity contribution in [3.63, 3.8) is 0 Å². The number of rotatable bonds is 4. The molecule has 0 aliphatic heterocycles. The molecule has 0 aliphatic carbocycles. The van der Waals surface area contributed by atoms with Crippen LogP contribution in [0.1, 0.15) is 0 Å². The number of hydrogen-bond donors (Lipinski definition) is 0. The van der Waals surface area contributed by atoms with Gasteiger partial charge in [-0.3, -0.25) is 0 Å². The molecular formula is C29H18AuN5O-3. The summed E-state index contributed by atoms with van der Waals surface area (Å²) >= 11 is 0. The molecule has 7 rings (SSSR count). The van der Waals surface area contributed by atoms with Gasteiger partial charge in [0.05, 0.1) is 18.1 Å². The van der Waals surface area contributed by atoms with Crippen molar-refractivity contribution in [2.24, 2.45) is 7.05 Å². The molecule has 0 saturated carbocycles. The maximum atomic E-state index is 6.24. The van der Waals surface area contributed by atoms with Crippen LogP contribution in [0.15, 0.2) is 91.3 Å². The molecule has 0 atom stereocenters. The topological polar surface area (TPSA) is 50.0 Å².